The summed E-state index contributed by atoms with van der Waals surface area (Å²) in [5.41, 5.74) is 3.12. The lowest BCUT2D eigenvalue weighted by Crippen LogP contribution is -2.14. The molecule has 3 aromatic carbocycles. The molecule has 2 heterocycles. The Labute approximate surface area is 208 Å². The average Bonchev–Trinajstić information content (AvgIpc) is 3.45. The lowest BCUT2D eigenvalue weighted by atomic mass is 10.2. The van der Waals surface area contributed by atoms with Gasteiger partial charge in [0.05, 0.1) is 29.5 Å². The van der Waals surface area contributed by atoms with Crippen molar-refractivity contribution < 1.29 is 9.53 Å². The molecule has 5 rings (SSSR count). The van der Waals surface area contributed by atoms with Gasteiger partial charge in [0.1, 0.15) is 5.75 Å². The molecule has 1 amide bonds. The maximum Gasteiger partial charge on any atom is 0.323 e. The number of nitrogens with zero attached hydrogens (tertiary/aromatic N) is 3. The van der Waals surface area contributed by atoms with Gasteiger partial charge in [0.25, 0.3) is 0 Å². The first kappa shape index (κ1) is 22.8. The van der Waals surface area contributed by atoms with Crippen molar-refractivity contribution in [2.45, 2.75) is 5.16 Å². The van der Waals surface area contributed by atoms with Crippen LogP contribution in [0.2, 0.25) is 5.02 Å². The zero-order valence-electron chi connectivity index (χ0n) is 18.4. The van der Waals surface area contributed by atoms with Crippen molar-refractivity contribution in [3.63, 3.8) is 0 Å². The Morgan fingerprint density at radius 2 is 1.83 bits per heavy atom. The van der Waals surface area contributed by atoms with Crippen molar-refractivity contribution in [2.24, 2.45) is 0 Å². The molecule has 0 saturated heterocycles. The summed E-state index contributed by atoms with van der Waals surface area (Å²) in [4.78, 5) is 29.5. The Bertz CT molecular complexity index is 1570. The van der Waals surface area contributed by atoms with E-state index in [4.69, 9.17) is 16.3 Å². The second-order valence-corrected chi connectivity index (χ2v) is 8.87. The van der Waals surface area contributed by atoms with Crippen LogP contribution in [0.25, 0.3) is 28.1 Å². The molecule has 0 aliphatic heterocycles. The van der Waals surface area contributed by atoms with Crippen LogP contribution in [-0.2, 0) is 4.79 Å². The van der Waals surface area contributed by atoms with Gasteiger partial charge in [0.2, 0.25) is 5.91 Å². The number of hydrogen-bond acceptors (Lipinski definition) is 6. The van der Waals surface area contributed by atoms with E-state index in [1.165, 1.54) is 11.8 Å². The molecule has 0 saturated carbocycles. The number of H-pyrrole nitrogens is 2. The predicted molar refractivity (Wildman–Crippen MR) is 137 cm³/mol. The molecule has 0 atom stereocenters. The van der Waals surface area contributed by atoms with E-state index < -0.39 is 0 Å². The van der Waals surface area contributed by atoms with Crippen LogP contribution >= 0.6 is 23.4 Å². The number of amides is 1. The van der Waals surface area contributed by atoms with Crippen LogP contribution in [0.5, 0.6) is 5.75 Å². The van der Waals surface area contributed by atoms with Crippen LogP contribution in [0.15, 0.2) is 76.7 Å². The van der Waals surface area contributed by atoms with E-state index in [1.54, 1.807) is 37.4 Å². The number of para-hydroxylation sites is 1. The molecular formula is C24H19ClN6O3S. The number of ether oxygens (including phenoxy) is 1. The highest BCUT2D eigenvalue weighted by atomic mass is 35.5. The number of benzene rings is 3. The quantitative estimate of drug-likeness (QED) is 0.280. The van der Waals surface area contributed by atoms with Crippen LogP contribution in [0, 0.1) is 0 Å². The van der Waals surface area contributed by atoms with Crippen molar-refractivity contribution in [1.82, 2.24) is 24.7 Å². The summed E-state index contributed by atoms with van der Waals surface area (Å²) in [7, 11) is 1.60. The number of methoxy groups -OCH3 is 1. The van der Waals surface area contributed by atoms with Gasteiger partial charge < -0.3 is 20.0 Å². The first-order valence-corrected chi connectivity index (χ1v) is 11.9. The summed E-state index contributed by atoms with van der Waals surface area (Å²) >= 11 is 7.34. The Kier molecular flexibility index (Phi) is 6.30. The monoisotopic (exact) mass is 506 g/mol. The topological polar surface area (TPSA) is 118 Å². The number of aromatic amines is 2. The van der Waals surface area contributed by atoms with Gasteiger partial charge in [-0.1, -0.05) is 35.5 Å². The lowest BCUT2D eigenvalue weighted by molar-refractivity contribution is -0.113. The predicted octanol–water partition coefficient (Wildman–Crippen LogP) is 4.50. The van der Waals surface area contributed by atoms with Crippen molar-refractivity contribution in [3.05, 3.63) is 82.2 Å². The number of fused-ring (bicyclic) bond motifs is 1. The zero-order valence-corrected chi connectivity index (χ0v) is 20.0. The minimum atomic E-state index is -0.300. The first-order chi connectivity index (χ1) is 17.0. The second kappa shape index (κ2) is 9.69. The highest BCUT2D eigenvalue weighted by molar-refractivity contribution is 7.99. The standard InChI is InChI=1S/C24H19ClN6O3S/c1-34-20-5-3-2-4-17(20)22-29-30-24(31(22)16-9-6-14(25)7-10-16)35-13-21(32)26-15-8-11-18-19(12-15)28-23(33)27-18/h2-12H,13H2,1H3,(H,26,32)(H2,27,28,33). The molecule has 3 N–H and O–H groups in total. The van der Waals surface area contributed by atoms with Crippen LogP contribution in [0.1, 0.15) is 0 Å². The molecule has 0 aliphatic carbocycles. The Balaban J connectivity index is 1.41. The largest absolute Gasteiger partial charge is 0.496 e. The summed E-state index contributed by atoms with van der Waals surface area (Å²) in [6.07, 6.45) is 0. The Morgan fingerprint density at radius 3 is 2.63 bits per heavy atom. The summed E-state index contributed by atoms with van der Waals surface area (Å²) < 4.78 is 7.38. The average molecular weight is 507 g/mol. The SMILES string of the molecule is COc1ccccc1-c1nnc(SCC(=O)Nc2ccc3[nH]c(=O)[nH]c3c2)n1-c1ccc(Cl)cc1. The molecule has 0 aliphatic rings. The van der Waals surface area contributed by atoms with Crippen molar-refractivity contribution in [3.8, 4) is 22.8 Å². The molecule has 0 radical (unpaired) electrons. The third-order valence-corrected chi connectivity index (χ3v) is 6.38. The molecule has 0 bridgehead atoms. The number of halogens is 1. The van der Waals surface area contributed by atoms with Crippen molar-refractivity contribution in [1.29, 1.82) is 0 Å². The number of imidazole rings is 1. The minimum absolute atomic E-state index is 0.0966. The van der Waals surface area contributed by atoms with E-state index >= 15 is 0 Å². The third kappa shape index (κ3) is 4.79. The minimum Gasteiger partial charge on any atom is -0.496 e. The molecule has 0 fully saturated rings. The molecule has 11 heteroatoms. The van der Waals surface area contributed by atoms with Crippen LogP contribution < -0.4 is 15.7 Å². The van der Waals surface area contributed by atoms with Gasteiger partial charge in [-0.2, -0.15) is 0 Å². The number of rotatable bonds is 7. The van der Waals surface area contributed by atoms with E-state index in [0.717, 1.165) is 11.3 Å². The maximum atomic E-state index is 12.7. The number of hydrogen-bond donors (Lipinski definition) is 3. The van der Waals surface area contributed by atoms with E-state index in [9.17, 15) is 9.59 Å². The summed E-state index contributed by atoms with van der Waals surface area (Å²) in [6.45, 7) is 0. The van der Waals surface area contributed by atoms with Gasteiger partial charge >= 0.3 is 5.69 Å². The Morgan fingerprint density at radius 1 is 1.06 bits per heavy atom. The molecule has 0 unspecified atom stereocenters. The third-order valence-electron chi connectivity index (χ3n) is 5.20. The maximum absolute atomic E-state index is 12.7. The summed E-state index contributed by atoms with van der Waals surface area (Å²) in [5, 5.41) is 12.7. The van der Waals surface area contributed by atoms with Crippen molar-refractivity contribution >= 4 is 46.0 Å². The number of thioether (sulfide) groups is 1. The zero-order chi connectivity index (χ0) is 24.4. The number of anilines is 1. The molecule has 9 nitrogen and oxygen atoms in total. The van der Waals surface area contributed by atoms with Gasteiger partial charge in [-0.15, -0.1) is 10.2 Å². The lowest BCUT2D eigenvalue weighted by Gasteiger charge is -2.12. The number of nitrogens with one attached hydrogen (secondary N) is 3. The number of carbonyl (C=O) groups is 1. The van der Waals surface area contributed by atoms with Crippen LogP contribution in [0.3, 0.4) is 0 Å². The fourth-order valence-corrected chi connectivity index (χ4v) is 4.51. The van der Waals surface area contributed by atoms with Gasteiger partial charge in [-0.3, -0.25) is 9.36 Å². The van der Waals surface area contributed by atoms with E-state index in [0.29, 0.717) is 38.5 Å². The van der Waals surface area contributed by atoms with Gasteiger partial charge in [0, 0.05) is 16.4 Å². The van der Waals surface area contributed by atoms with E-state index in [-0.39, 0.29) is 17.3 Å². The molecular weight excluding hydrogens is 488 g/mol. The smallest absolute Gasteiger partial charge is 0.323 e. The van der Waals surface area contributed by atoms with Crippen LogP contribution in [-0.4, -0.2) is 43.5 Å². The Hall–Kier alpha value is -4.02. The molecule has 5 aromatic rings. The highest BCUT2D eigenvalue weighted by Gasteiger charge is 2.20. The van der Waals surface area contributed by atoms with Crippen molar-refractivity contribution in [2.75, 3.05) is 18.2 Å². The molecule has 176 valence electrons. The molecule has 2 aromatic heterocycles. The highest BCUT2D eigenvalue weighted by Crippen LogP contribution is 2.33. The summed E-state index contributed by atoms with van der Waals surface area (Å²) in [6, 6.07) is 20.0. The van der Waals surface area contributed by atoms with Gasteiger partial charge in [-0.05, 0) is 54.6 Å². The number of aromatic nitrogens is 5. The van der Waals surface area contributed by atoms with Gasteiger partial charge in [-0.25, -0.2) is 4.79 Å². The van der Waals surface area contributed by atoms with Gasteiger partial charge in [0.15, 0.2) is 11.0 Å². The van der Waals surface area contributed by atoms with E-state index in [1.807, 2.05) is 41.0 Å². The fourth-order valence-electron chi connectivity index (χ4n) is 3.63. The van der Waals surface area contributed by atoms with E-state index in [2.05, 4.69) is 25.5 Å². The fraction of sp³-hybridized carbons (Fsp3) is 0.0833. The first-order valence-electron chi connectivity index (χ1n) is 10.5. The number of carbonyl (C=O) groups excluding carboxylic acids is 1. The molecule has 35 heavy (non-hydrogen) atoms. The second-order valence-electron chi connectivity index (χ2n) is 7.49. The summed E-state index contributed by atoms with van der Waals surface area (Å²) in [5.74, 6) is 1.10. The van der Waals surface area contributed by atoms with Crippen LogP contribution in [0.4, 0.5) is 5.69 Å². The molecule has 0 spiro atoms. The normalized spacial score (nSPS) is 11.0.